The maximum Gasteiger partial charge on any atom is 0.338 e. The smallest absolute Gasteiger partial charge is 0.338 e. The van der Waals surface area contributed by atoms with Gasteiger partial charge in [0, 0.05) is 0 Å². The van der Waals surface area contributed by atoms with Gasteiger partial charge in [-0.2, -0.15) is 0 Å². The standard InChI is InChI=1S/C15H20O8/c1-2-21-14(20)8-3-5-9(6-4-8)22-15-13(19)12(18)11(17)10(7-16)23-15/h3-6,10-13,15-19H,2,7H2,1H3/t10-,11-,12-,13+,15-/m0/s1. The monoisotopic (exact) mass is 328 g/mol. The van der Waals surface area contributed by atoms with E-state index in [1.807, 2.05) is 0 Å². The molecule has 0 radical (unpaired) electrons. The third-order valence-corrected chi connectivity index (χ3v) is 3.47. The Hall–Kier alpha value is -1.71. The zero-order chi connectivity index (χ0) is 17.0. The van der Waals surface area contributed by atoms with E-state index in [2.05, 4.69) is 0 Å². The fourth-order valence-corrected chi connectivity index (χ4v) is 2.18. The molecule has 128 valence electrons. The third kappa shape index (κ3) is 3.98. The van der Waals surface area contributed by atoms with E-state index in [0.29, 0.717) is 5.56 Å². The van der Waals surface area contributed by atoms with Gasteiger partial charge in [-0.25, -0.2) is 4.79 Å². The van der Waals surface area contributed by atoms with Crippen LogP contribution in [0, 0.1) is 0 Å². The van der Waals surface area contributed by atoms with Crippen molar-refractivity contribution in [3.05, 3.63) is 29.8 Å². The number of benzene rings is 1. The van der Waals surface area contributed by atoms with Crippen molar-refractivity contribution >= 4 is 5.97 Å². The molecule has 1 heterocycles. The van der Waals surface area contributed by atoms with Gasteiger partial charge in [0.1, 0.15) is 30.2 Å². The van der Waals surface area contributed by atoms with Crippen molar-refractivity contribution in [2.45, 2.75) is 37.6 Å². The lowest BCUT2D eigenvalue weighted by Gasteiger charge is -2.39. The molecule has 1 aliphatic rings. The number of esters is 1. The van der Waals surface area contributed by atoms with Crippen molar-refractivity contribution in [1.82, 2.24) is 0 Å². The lowest BCUT2D eigenvalue weighted by Crippen LogP contribution is -2.60. The van der Waals surface area contributed by atoms with Crippen LogP contribution < -0.4 is 4.74 Å². The van der Waals surface area contributed by atoms with Crippen LogP contribution in [0.3, 0.4) is 0 Å². The first-order valence-electron chi connectivity index (χ1n) is 7.22. The van der Waals surface area contributed by atoms with Crippen molar-refractivity contribution < 1.29 is 39.4 Å². The van der Waals surface area contributed by atoms with Crippen LogP contribution in [0.15, 0.2) is 24.3 Å². The van der Waals surface area contributed by atoms with Crippen molar-refractivity contribution in [2.75, 3.05) is 13.2 Å². The lowest BCUT2D eigenvalue weighted by atomic mass is 9.99. The van der Waals surface area contributed by atoms with E-state index in [1.165, 1.54) is 24.3 Å². The summed E-state index contributed by atoms with van der Waals surface area (Å²) in [7, 11) is 0. The van der Waals surface area contributed by atoms with Crippen molar-refractivity contribution in [2.24, 2.45) is 0 Å². The molecule has 0 spiro atoms. The van der Waals surface area contributed by atoms with Gasteiger partial charge in [0.2, 0.25) is 6.29 Å². The minimum Gasteiger partial charge on any atom is -0.462 e. The highest BCUT2D eigenvalue weighted by atomic mass is 16.7. The largest absolute Gasteiger partial charge is 0.462 e. The zero-order valence-electron chi connectivity index (χ0n) is 12.5. The molecule has 1 aliphatic heterocycles. The minimum atomic E-state index is -1.51. The molecular weight excluding hydrogens is 308 g/mol. The molecule has 5 atom stereocenters. The summed E-state index contributed by atoms with van der Waals surface area (Å²) in [5.41, 5.74) is 0.341. The number of hydrogen-bond acceptors (Lipinski definition) is 8. The normalized spacial score (nSPS) is 30.7. The van der Waals surface area contributed by atoms with Gasteiger partial charge in [0.05, 0.1) is 18.8 Å². The number of aliphatic hydroxyl groups excluding tert-OH is 4. The van der Waals surface area contributed by atoms with E-state index in [4.69, 9.17) is 19.3 Å². The van der Waals surface area contributed by atoms with Crippen molar-refractivity contribution in [1.29, 1.82) is 0 Å². The molecule has 4 N–H and O–H groups in total. The van der Waals surface area contributed by atoms with E-state index in [9.17, 15) is 20.1 Å². The van der Waals surface area contributed by atoms with Crippen LogP contribution in [0.1, 0.15) is 17.3 Å². The third-order valence-electron chi connectivity index (χ3n) is 3.47. The van der Waals surface area contributed by atoms with Gasteiger partial charge in [-0.15, -0.1) is 0 Å². The predicted octanol–water partition coefficient (Wildman–Crippen LogP) is -0.958. The summed E-state index contributed by atoms with van der Waals surface area (Å²) in [5.74, 6) is -0.186. The summed E-state index contributed by atoms with van der Waals surface area (Å²) in [6.45, 7) is 1.43. The highest BCUT2D eigenvalue weighted by Gasteiger charge is 2.44. The number of hydrogen-bond donors (Lipinski definition) is 4. The summed E-state index contributed by atoms with van der Waals surface area (Å²) in [6, 6.07) is 5.93. The van der Waals surface area contributed by atoms with E-state index in [-0.39, 0.29) is 12.4 Å². The number of aliphatic hydroxyl groups is 4. The van der Waals surface area contributed by atoms with Crippen LogP contribution in [0.4, 0.5) is 0 Å². The fraction of sp³-hybridized carbons (Fsp3) is 0.533. The molecule has 0 aliphatic carbocycles. The predicted molar refractivity (Wildman–Crippen MR) is 76.8 cm³/mol. The Morgan fingerprint density at radius 1 is 1.13 bits per heavy atom. The summed E-state index contributed by atoms with van der Waals surface area (Å²) < 4.78 is 15.5. The Bertz CT molecular complexity index is 515. The Morgan fingerprint density at radius 3 is 2.35 bits per heavy atom. The van der Waals surface area contributed by atoms with Crippen LogP contribution in [-0.4, -0.2) is 70.3 Å². The number of carbonyl (C=O) groups is 1. The highest BCUT2D eigenvalue weighted by molar-refractivity contribution is 5.89. The topological polar surface area (TPSA) is 126 Å². The van der Waals surface area contributed by atoms with Crippen LogP contribution in [0.2, 0.25) is 0 Å². The van der Waals surface area contributed by atoms with E-state index < -0.39 is 43.3 Å². The SMILES string of the molecule is CCOC(=O)c1ccc(O[C@H]2O[C@@H](CO)[C@H](O)[C@H](O)[C@H]2O)cc1. The maximum absolute atomic E-state index is 11.5. The molecule has 1 fully saturated rings. The fourth-order valence-electron chi connectivity index (χ4n) is 2.18. The van der Waals surface area contributed by atoms with Crippen LogP contribution in [0.5, 0.6) is 5.75 Å². The van der Waals surface area contributed by atoms with Crippen LogP contribution >= 0.6 is 0 Å². The molecule has 8 nitrogen and oxygen atoms in total. The Kier molecular flexibility index (Phi) is 5.91. The maximum atomic E-state index is 11.5. The van der Waals surface area contributed by atoms with E-state index in [0.717, 1.165) is 0 Å². The average molecular weight is 328 g/mol. The summed E-state index contributed by atoms with van der Waals surface area (Å²) >= 11 is 0. The molecule has 23 heavy (non-hydrogen) atoms. The van der Waals surface area contributed by atoms with Crippen LogP contribution in [0.25, 0.3) is 0 Å². The lowest BCUT2D eigenvalue weighted by molar-refractivity contribution is -0.277. The van der Waals surface area contributed by atoms with Gasteiger partial charge >= 0.3 is 5.97 Å². The van der Waals surface area contributed by atoms with Crippen LogP contribution in [-0.2, 0) is 9.47 Å². The molecule has 0 bridgehead atoms. The molecular formula is C15H20O8. The van der Waals surface area contributed by atoms with Crippen molar-refractivity contribution in [3.8, 4) is 5.75 Å². The number of rotatable bonds is 5. The number of carbonyl (C=O) groups excluding carboxylic acids is 1. The molecule has 0 aromatic heterocycles. The summed E-state index contributed by atoms with van der Waals surface area (Å²) in [5, 5.41) is 38.4. The molecule has 2 rings (SSSR count). The Morgan fingerprint density at radius 2 is 1.78 bits per heavy atom. The summed E-state index contributed by atoms with van der Waals surface area (Å²) in [6.07, 6.45) is -6.75. The second-order valence-corrected chi connectivity index (χ2v) is 5.06. The zero-order valence-corrected chi connectivity index (χ0v) is 12.5. The quantitative estimate of drug-likeness (QED) is 0.509. The molecule has 0 amide bonds. The average Bonchev–Trinajstić information content (AvgIpc) is 2.56. The van der Waals surface area contributed by atoms with E-state index in [1.54, 1.807) is 6.92 Å². The second kappa shape index (κ2) is 7.71. The minimum absolute atomic E-state index is 0.266. The van der Waals surface area contributed by atoms with Gasteiger partial charge in [0.25, 0.3) is 0 Å². The molecule has 1 aromatic carbocycles. The molecule has 1 aromatic rings. The second-order valence-electron chi connectivity index (χ2n) is 5.06. The molecule has 1 saturated heterocycles. The first-order chi connectivity index (χ1) is 11.0. The van der Waals surface area contributed by atoms with Gasteiger partial charge in [-0.1, -0.05) is 0 Å². The number of ether oxygens (including phenoxy) is 3. The highest BCUT2D eigenvalue weighted by Crippen LogP contribution is 2.24. The van der Waals surface area contributed by atoms with Crippen molar-refractivity contribution in [3.63, 3.8) is 0 Å². The molecule has 0 saturated carbocycles. The molecule has 0 unspecified atom stereocenters. The van der Waals surface area contributed by atoms with E-state index >= 15 is 0 Å². The van der Waals surface area contributed by atoms with Gasteiger partial charge in [0.15, 0.2) is 0 Å². The summed E-state index contributed by atoms with van der Waals surface area (Å²) in [4.78, 5) is 11.5. The first-order valence-corrected chi connectivity index (χ1v) is 7.22. The van der Waals surface area contributed by atoms with Gasteiger partial charge in [-0.3, -0.25) is 0 Å². The Labute approximate surface area is 132 Å². The molecule has 8 heteroatoms. The van der Waals surface area contributed by atoms with Gasteiger partial charge in [-0.05, 0) is 31.2 Å². The first kappa shape index (κ1) is 17.6. The Balaban J connectivity index is 2.04. The van der Waals surface area contributed by atoms with Gasteiger partial charge < -0.3 is 34.6 Å².